The predicted molar refractivity (Wildman–Crippen MR) is 196 cm³/mol. The Bertz CT molecular complexity index is 1970. The van der Waals surface area contributed by atoms with E-state index in [0.29, 0.717) is 55.2 Å². The molecule has 2 aromatic rings. The number of rotatable bonds is 13. The minimum atomic E-state index is -0.608. The van der Waals surface area contributed by atoms with E-state index in [9.17, 15) is 29.8 Å². The molecule has 6 aliphatic rings. The first-order chi connectivity index (χ1) is 25.8. The summed E-state index contributed by atoms with van der Waals surface area (Å²) in [4.78, 5) is 48.3. The lowest BCUT2D eigenvalue weighted by atomic mass is 9.53. The molecule has 4 N–H and O–H groups in total. The largest absolute Gasteiger partial charge is 0.438 e. The normalized spacial score (nSPS) is 33.6. The van der Waals surface area contributed by atoms with E-state index >= 15 is 0 Å². The molecule has 2 heterocycles. The van der Waals surface area contributed by atoms with Crippen molar-refractivity contribution in [3.63, 3.8) is 0 Å². The average Bonchev–Trinajstić information content (AvgIpc) is 3.94. The maximum atomic E-state index is 11.0. The van der Waals surface area contributed by atoms with Crippen LogP contribution >= 0.6 is 0 Å². The second-order valence-corrected chi connectivity index (χ2v) is 16.7. The summed E-state index contributed by atoms with van der Waals surface area (Å²) in [6.45, 7) is 6.94. The molecule has 0 amide bonds. The SMILES string of the molecule is CCC1=C[C@@H]2[C@H](C1)C[C@@]2(CC#N)C[N+](=O)[O-].CCC1=C[C@@H]2[C@H](C1)C[C@@]2(Cc1noc(=O)[nH]1)C[N+](=O)[O-].CCC1=C[C@@H]2[C@H](C1)C[C@]2(CN)Cc1noc(=O)[nH]1. The Hall–Kier alpha value is -4.65. The number of fused-ring (bicyclic) bond motifs is 3. The maximum absolute atomic E-state index is 11.0. The fourth-order valence-electron chi connectivity index (χ4n) is 11.0. The summed E-state index contributed by atoms with van der Waals surface area (Å²) in [5, 5.41) is 38.0. The molecule has 2 aromatic heterocycles. The summed E-state index contributed by atoms with van der Waals surface area (Å²) in [6.07, 6.45) is 17.6. The molecule has 3 saturated carbocycles. The van der Waals surface area contributed by atoms with Gasteiger partial charge >= 0.3 is 11.5 Å². The summed E-state index contributed by atoms with van der Waals surface area (Å²) in [7, 11) is 0. The van der Waals surface area contributed by atoms with E-state index in [2.05, 4.69) is 74.4 Å². The van der Waals surface area contributed by atoms with Gasteiger partial charge in [-0.25, -0.2) is 9.59 Å². The lowest BCUT2D eigenvalue weighted by Crippen LogP contribution is -2.51. The molecule has 0 aromatic carbocycles. The highest BCUT2D eigenvalue weighted by Gasteiger charge is 2.59. The number of hydrogen-bond acceptors (Lipinski definition) is 12. The fourth-order valence-corrected chi connectivity index (χ4v) is 11.0. The highest BCUT2D eigenvalue weighted by Crippen LogP contribution is 2.61. The quantitative estimate of drug-likeness (QED) is 0.134. The molecule has 16 heteroatoms. The fraction of sp³-hybridized carbons (Fsp3) is 0.711. The maximum Gasteiger partial charge on any atom is 0.438 e. The molecule has 292 valence electrons. The van der Waals surface area contributed by atoms with Crippen LogP contribution < -0.4 is 17.2 Å². The first-order valence-corrected chi connectivity index (χ1v) is 19.3. The number of nitrogens with one attached hydrogen (secondary N) is 2. The Morgan fingerprint density at radius 1 is 0.759 bits per heavy atom. The molecular formula is C38H52N8O8. The monoisotopic (exact) mass is 748 g/mol. The number of hydrogen-bond donors (Lipinski definition) is 3. The summed E-state index contributed by atoms with van der Waals surface area (Å²) in [6, 6.07) is 2.13. The minimum Gasteiger partial charge on any atom is -0.330 e. The van der Waals surface area contributed by atoms with Crippen LogP contribution in [0.1, 0.15) is 96.6 Å². The molecule has 3 fully saturated rings. The Kier molecular flexibility index (Phi) is 11.3. The summed E-state index contributed by atoms with van der Waals surface area (Å²) in [5.41, 5.74) is 9.62. The number of allylic oxidation sites excluding steroid dienone is 6. The van der Waals surface area contributed by atoms with Crippen molar-refractivity contribution in [1.29, 1.82) is 5.26 Å². The number of nitriles is 1. The van der Waals surface area contributed by atoms with Crippen molar-refractivity contribution in [2.45, 2.75) is 97.8 Å². The van der Waals surface area contributed by atoms with Crippen molar-refractivity contribution in [3.8, 4) is 6.07 Å². The zero-order chi connectivity index (χ0) is 38.8. The van der Waals surface area contributed by atoms with E-state index < -0.39 is 16.9 Å². The van der Waals surface area contributed by atoms with Crippen LogP contribution in [0.15, 0.2) is 53.6 Å². The van der Waals surface area contributed by atoms with Crippen molar-refractivity contribution in [1.82, 2.24) is 20.3 Å². The van der Waals surface area contributed by atoms with E-state index in [4.69, 9.17) is 11.0 Å². The summed E-state index contributed by atoms with van der Waals surface area (Å²) >= 11 is 0. The number of nitrogens with zero attached hydrogens (tertiary/aromatic N) is 5. The number of nitrogens with two attached hydrogens (primary N) is 1. The second-order valence-electron chi connectivity index (χ2n) is 16.7. The molecule has 16 nitrogen and oxygen atoms in total. The van der Waals surface area contributed by atoms with Crippen molar-refractivity contribution < 1.29 is 18.9 Å². The lowest BCUT2D eigenvalue weighted by molar-refractivity contribution is -0.506. The number of H-pyrrole nitrogens is 2. The van der Waals surface area contributed by atoms with Gasteiger partial charge in [0.1, 0.15) is 0 Å². The van der Waals surface area contributed by atoms with Crippen LogP contribution in [0, 0.1) is 83.3 Å². The van der Waals surface area contributed by atoms with Crippen LogP contribution in [0.25, 0.3) is 0 Å². The van der Waals surface area contributed by atoms with Gasteiger partial charge in [-0.1, -0.05) is 66.0 Å². The van der Waals surface area contributed by atoms with Crippen LogP contribution in [-0.2, 0) is 12.8 Å². The van der Waals surface area contributed by atoms with Gasteiger partial charge in [0, 0.05) is 34.5 Å². The minimum absolute atomic E-state index is 0.0464. The molecule has 0 bridgehead atoms. The van der Waals surface area contributed by atoms with Crippen LogP contribution in [0.4, 0.5) is 0 Å². The molecule has 9 atom stereocenters. The van der Waals surface area contributed by atoms with Crippen LogP contribution in [0.2, 0.25) is 0 Å². The Morgan fingerprint density at radius 2 is 1.15 bits per heavy atom. The van der Waals surface area contributed by atoms with Gasteiger partial charge in [0.05, 0.1) is 11.5 Å². The number of aromatic amines is 2. The molecule has 0 radical (unpaired) electrons. The molecule has 0 saturated heterocycles. The third-order valence-corrected chi connectivity index (χ3v) is 13.6. The molecule has 6 aliphatic carbocycles. The molecule has 8 rings (SSSR count). The van der Waals surface area contributed by atoms with Gasteiger partial charge in [-0.05, 0) is 105 Å². The average molecular weight is 749 g/mol. The second kappa shape index (κ2) is 15.6. The Morgan fingerprint density at radius 3 is 1.54 bits per heavy atom. The van der Waals surface area contributed by atoms with Gasteiger partial charge in [-0.2, -0.15) is 5.26 Å². The third-order valence-electron chi connectivity index (χ3n) is 13.6. The lowest BCUT2D eigenvalue weighted by Gasteiger charge is -2.51. The van der Waals surface area contributed by atoms with E-state index in [-0.39, 0.29) is 45.6 Å². The van der Waals surface area contributed by atoms with Crippen molar-refractivity contribution >= 4 is 0 Å². The first-order valence-electron chi connectivity index (χ1n) is 19.3. The topological polar surface area (TPSA) is 254 Å². The highest BCUT2D eigenvalue weighted by atomic mass is 16.6. The van der Waals surface area contributed by atoms with E-state index in [1.807, 2.05) is 0 Å². The number of nitro groups is 2. The zero-order valence-corrected chi connectivity index (χ0v) is 31.4. The zero-order valence-electron chi connectivity index (χ0n) is 31.4. The summed E-state index contributed by atoms with van der Waals surface area (Å²) in [5.74, 6) is 2.85. The van der Waals surface area contributed by atoms with Crippen molar-refractivity contribution in [3.05, 3.63) is 87.9 Å². The standard InChI is InChI=1S/C13H17N3O4.C13H19N3O2.C12H16N2O2/c1-2-8-3-9-5-13(7-16(18)19,10(9)4-8)6-11-14-12(17)20-15-11;1-2-8-3-9-5-13(7-14,10(9)4-8)6-11-15-12(17)18-16-11;1-2-9-5-10-7-12(3-4-13,8-14(15)16)11(10)6-9/h4,9-10H,2-3,5-7H2,1H3,(H,14,15,17);4,9-10H,2-3,5-7,14H2,1H3,(H,15,16,17);6,10-11H,2-3,5,7-8H2,1H3/t2*9-,10-,13-;10-,11-,12+/m111/s1. The highest BCUT2D eigenvalue weighted by molar-refractivity contribution is 5.26. The molecule has 0 unspecified atom stereocenters. The van der Waals surface area contributed by atoms with Gasteiger partial charge in [0.15, 0.2) is 11.6 Å². The van der Waals surface area contributed by atoms with Gasteiger partial charge in [0.2, 0.25) is 13.1 Å². The predicted octanol–water partition coefficient (Wildman–Crippen LogP) is 5.31. The van der Waals surface area contributed by atoms with Crippen LogP contribution in [0.5, 0.6) is 0 Å². The summed E-state index contributed by atoms with van der Waals surface area (Å²) < 4.78 is 9.05. The molecule has 54 heavy (non-hydrogen) atoms. The van der Waals surface area contributed by atoms with Gasteiger partial charge in [-0.3, -0.25) is 39.2 Å². The smallest absolute Gasteiger partial charge is 0.330 e. The third kappa shape index (κ3) is 7.65. The Balaban J connectivity index is 0.000000139. The molecule has 0 aliphatic heterocycles. The van der Waals surface area contributed by atoms with E-state index in [1.165, 1.54) is 17.6 Å². The first kappa shape index (κ1) is 39.1. The van der Waals surface area contributed by atoms with Crippen LogP contribution in [0.3, 0.4) is 0 Å². The van der Waals surface area contributed by atoms with Crippen molar-refractivity contribution in [2.75, 3.05) is 19.6 Å². The van der Waals surface area contributed by atoms with Gasteiger partial charge < -0.3 is 5.73 Å². The van der Waals surface area contributed by atoms with Crippen LogP contribution in [-0.4, -0.2) is 49.8 Å². The van der Waals surface area contributed by atoms with Crippen molar-refractivity contribution in [2.24, 2.45) is 57.5 Å². The molecular weight excluding hydrogens is 696 g/mol. The number of aromatic nitrogens is 4. The van der Waals surface area contributed by atoms with Gasteiger partial charge in [-0.15, -0.1) is 0 Å². The molecule has 0 spiro atoms. The van der Waals surface area contributed by atoms with E-state index in [1.54, 1.807) is 5.57 Å². The van der Waals surface area contributed by atoms with Gasteiger partial charge in [0.25, 0.3) is 0 Å². The Labute approximate surface area is 313 Å². The van der Waals surface area contributed by atoms with E-state index in [0.717, 1.165) is 57.3 Å².